The molecule has 0 radical (unpaired) electrons. The van der Waals surface area contributed by atoms with Crippen molar-refractivity contribution >= 4 is 35.3 Å². The molecule has 0 amide bonds. The summed E-state index contributed by atoms with van der Waals surface area (Å²) in [5.41, 5.74) is 1.55. The predicted octanol–water partition coefficient (Wildman–Crippen LogP) is 4.79. The second-order valence-electron chi connectivity index (χ2n) is 8.12. The molecule has 1 heterocycles. The molecule has 1 aliphatic heterocycles. The quantitative estimate of drug-likeness (QED) is 0.354. The average Bonchev–Trinajstić information content (AvgIpc) is 2.72. The van der Waals surface area contributed by atoms with Crippen molar-refractivity contribution in [1.82, 2.24) is 4.90 Å². The van der Waals surface area contributed by atoms with Crippen LogP contribution in [0.2, 0.25) is 4.18 Å². The molecule has 28 heavy (non-hydrogen) atoms. The Morgan fingerprint density at radius 3 is 2.32 bits per heavy atom. The van der Waals surface area contributed by atoms with Gasteiger partial charge in [0, 0.05) is 0 Å². The Bertz CT molecular complexity index is 485. The first-order valence-corrected chi connectivity index (χ1v) is 16.8. The molecule has 1 saturated heterocycles. The van der Waals surface area contributed by atoms with Crippen LogP contribution in [0.15, 0.2) is 30.3 Å². The molecule has 0 spiro atoms. The zero-order valence-corrected chi connectivity index (χ0v) is 23.1. The van der Waals surface area contributed by atoms with E-state index in [1.807, 2.05) is 14.2 Å². The normalized spacial score (nSPS) is 18.1. The largest absolute Gasteiger partial charge is 0.147 e. The van der Waals surface area contributed by atoms with Gasteiger partial charge in [-0.15, -0.1) is 12.4 Å². The Hall–Kier alpha value is 0.260. The van der Waals surface area contributed by atoms with Crippen LogP contribution in [0.5, 0.6) is 0 Å². The maximum absolute atomic E-state index is 6.05. The van der Waals surface area contributed by atoms with Crippen molar-refractivity contribution in [3.05, 3.63) is 35.9 Å². The molecular weight excluding hydrogens is 473 g/mol. The number of halogens is 1. The van der Waals surface area contributed by atoms with Gasteiger partial charge in [0.1, 0.15) is 0 Å². The van der Waals surface area contributed by atoms with Gasteiger partial charge in [0.25, 0.3) is 0 Å². The van der Waals surface area contributed by atoms with Crippen molar-refractivity contribution in [2.45, 2.75) is 66.0 Å². The maximum atomic E-state index is 6.05. The second kappa shape index (κ2) is 16.0. The number of rotatable bonds is 13. The number of hydrogen-bond acceptors (Lipinski definition) is 3. The van der Waals surface area contributed by atoms with Crippen molar-refractivity contribution < 1.29 is 9.47 Å². The van der Waals surface area contributed by atoms with Crippen molar-refractivity contribution in [3.63, 3.8) is 0 Å². The molecule has 0 bridgehead atoms. The minimum absolute atomic E-state index is 0. The maximum Gasteiger partial charge on any atom is -0.147 e. The number of methoxy groups -OCH3 is 2. The first-order chi connectivity index (χ1) is 13.3. The molecule has 0 saturated carbocycles. The van der Waals surface area contributed by atoms with Gasteiger partial charge >= 0.3 is 179 Å². The molecule has 3 unspecified atom stereocenters. The van der Waals surface area contributed by atoms with Crippen molar-refractivity contribution in [2.24, 2.45) is 5.92 Å². The van der Waals surface area contributed by atoms with Crippen LogP contribution in [-0.4, -0.2) is 73.9 Å². The third-order valence-electron chi connectivity index (χ3n) is 6.05. The summed E-state index contributed by atoms with van der Waals surface area (Å²) >= 11 is -0.738. The van der Waals surface area contributed by atoms with Gasteiger partial charge in [0.2, 0.25) is 0 Å². The molecule has 3 nitrogen and oxygen atoms in total. The smallest absolute Gasteiger partial charge is 0.147 e. The van der Waals surface area contributed by atoms with Crippen molar-refractivity contribution in [3.8, 4) is 0 Å². The number of ether oxygens (including phenoxy) is 2. The van der Waals surface area contributed by atoms with E-state index in [4.69, 9.17) is 9.47 Å². The molecule has 5 heteroatoms. The Balaban J connectivity index is 0.00000392. The number of likely N-dealkylation sites (tertiary alicyclic amines) is 1. The van der Waals surface area contributed by atoms with Crippen LogP contribution in [0.1, 0.15) is 51.0 Å². The number of benzene rings is 1. The van der Waals surface area contributed by atoms with E-state index < -0.39 is 22.9 Å². The molecule has 3 atom stereocenters. The monoisotopic (exact) mass is 513 g/mol. The fraction of sp³-hybridized carbons (Fsp3) is 0.739. The second-order valence-corrected chi connectivity index (χ2v) is 13.6. The summed E-state index contributed by atoms with van der Waals surface area (Å²) in [7, 11) is 3.75. The fourth-order valence-electron chi connectivity index (χ4n) is 4.56. The Morgan fingerprint density at radius 1 is 1.00 bits per heavy atom. The van der Waals surface area contributed by atoms with Gasteiger partial charge in [0.15, 0.2) is 0 Å². The van der Waals surface area contributed by atoms with Crippen molar-refractivity contribution in [2.75, 3.05) is 33.9 Å². The summed E-state index contributed by atoms with van der Waals surface area (Å²) in [5.74, 6) is 0.608. The zero-order valence-electron chi connectivity index (χ0n) is 18.3. The van der Waals surface area contributed by atoms with Crippen LogP contribution in [0.4, 0.5) is 0 Å². The average molecular weight is 514 g/mol. The molecular formula is C23H41ClInNO2. The van der Waals surface area contributed by atoms with E-state index in [0.29, 0.717) is 5.92 Å². The van der Waals surface area contributed by atoms with Crippen LogP contribution in [0.25, 0.3) is 0 Å². The van der Waals surface area contributed by atoms with Gasteiger partial charge in [-0.05, 0) is 0 Å². The van der Waals surface area contributed by atoms with E-state index in [9.17, 15) is 0 Å². The molecule has 2 rings (SSSR count). The van der Waals surface area contributed by atoms with Crippen LogP contribution in [0, 0.1) is 5.92 Å². The van der Waals surface area contributed by atoms with Crippen LogP contribution in [0.3, 0.4) is 0 Å². The van der Waals surface area contributed by atoms with E-state index in [-0.39, 0.29) is 24.6 Å². The third-order valence-corrected chi connectivity index (χ3v) is 11.3. The van der Waals surface area contributed by atoms with Gasteiger partial charge < -0.3 is 0 Å². The van der Waals surface area contributed by atoms with Gasteiger partial charge in [-0.25, -0.2) is 0 Å². The Morgan fingerprint density at radius 2 is 1.71 bits per heavy atom. The summed E-state index contributed by atoms with van der Waals surface area (Å²) in [6.45, 7) is 5.98. The summed E-state index contributed by atoms with van der Waals surface area (Å²) in [5, 5.41) is 0. The van der Waals surface area contributed by atoms with Gasteiger partial charge in [-0.3, -0.25) is 0 Å². The molecule has 1 aromatic rings. The van der Waals surface area contributed by atoms with Gasteiger partial charge in [-0.2, -0.15) is 0 Å². The van der Waals surface area contributed by atoms with E-state index in [2.05, 4.69) is 42.2 Å². The van der Waals surface area contributed by atoms with E-state index in [0.717, 1.165) is 12.8 Å². The summed E-state index contributed by atoms with van der Waals surface area (Å²) in [6, 6.07) is 11.1. The van der Waals surface area contributed by atoms with Crippen LogP contribution >= 0.6 is 12.4 Å². The first kappa shape index (κ1) is 26.3. The molecule has 1 aromatic carbocycles. The molecule has 1 aliphatic rings. The van der Waals surface area contributed by atoms with Gasteiger partial charge in [0.05, 0.1) is 0 Å². The summed E-state index contributed by atoms with van der Waals surface area (Å²) in [6.07, 6.45) is 8.17. The molecule has 0 aromatic heterocycles. The van der Waals surface area contributed by atoms with Crippen molar-refractivity contribution in [1.29, 1.82) is 0 Å². The molecule has 0 aliphatic carbocycles. The topological polar surface area (TPSA) is 21.7 Å². The number of piperidine rings is 1. The standard InChI is InChI=1S/C16H32NO2.C7H7.ClH.In.H/c1-5-10-15(18-3)16(19-4)14(6-2)13-17-11-8-7-9-12-17;1-7-5-3-2-4-6-7;;;/h14-16H,2,5-13H2,1,3-4H3;2-6H,1H2;1H;;. The summed E-state index contributed by atoms with van der Waals surface area (Å²) < 4.78 is 14.8. The molecule has 1 fully saturated rings. The van der Waals surface area contributed by atoms with Gasteiger partial charge in [-0.1, -0.05) is 0 Å². The minimum atomic E-state index is -0.738. The molecule has 0 N–H and O–H groups in total. The Kier molecular flexibility index (Phi) is 15.0. The van der Waals surface area contributed by atoms with Crippen LogP contribution < -0.4 is 0 Å². The first-order valence-electron chi connectivity index (χ1n) is 11.1. The number of hydrogen-bond donors (Lipinski definition) is 0. The van der Waals surface area contributed by atoms with E-state index >= 15 is 0 Å². The van der Waals surface area contributed by atoms with E-state index in [1.165, 1.54) is 53.7 Å². The summed E-state index contributed by atoms with van der Waals surface area (Å²) in [4.78, 5) is 2.69. The molecule has 160 valence electrons. The SMILES string of the molecule is CCCC(OC)C(OC)C(C[CH2][InH][CH2]c1ccccc1)CN1CCCCC1.Cl. The minimum Gasteiger partial charge on any atom is -0.147 e. The zero-order chi connectivity index (χ0) is 19.3. The van der Waals surface area contributed by atoms with E-state index in [1.54, 1.807) is 5.56 Å². The Labute approximate surface area is 190 Å². The fourth-order valence-corrected chi connectivity index (χ4v) is 9.71. The van der Waals surface area contributed by atoms with Crippen LogP contribution in [-0.2, 0) is 13.7 Å². The number of nitrogens with zero attached hydrogens (tertiary/aromatic N) is 1. The predicted molar refractivity (Wildman–Crippen MR) is 124 cm³/mol. The third kappa shape index (κ3) is 9.38.